The molecule has 1 heteroatoms. The molecular formula is C22H15Cl. The van der Waals surface area contributed by atoms with Gasteiger partial charge in [0, 0.05) is 5.02 Å². The first kappa shape index (κ1) is 14.0. The van der Waals surface area contributed by atoms with Gasteiger partial charge in [0.25, 0.3) is 0 Å². The SMILES string of the molecule is Clc1ccc(-c2cccc3c(-c4ccccc4)cccc23)cc1. The maximum atomic E-state index is 6.02. The second kappa shape index (κ2) is 5.91. The van der Waals surface area contributed by atoms with Gasteiger partial charge in [0.15, 0.2) is 0 Å². The van der Waals surface area contributed by atoms with Crippen molar-refractivity contribution in [3.05, 3.63) is 96.0 Å². The highest BCUT2D eigenvalue weighted by atomic mass is 35.5. The Hall–Kier alpha value is -2.57. The minimum absolute atomic E-state index is 0.763. The second-order valence-corrected chi connectivity index (χ2v) is 6.02. The van der Waals surface area contributed by atoms with E-state index in [9.17, 15) is 0 Å². The molecular weight excluding hydrogens is 300 g/mol. The maximum Gasteiger partial charge on any atom is 0.0406 e. The van der Waals surface area contributed by atoms with Gasteiger partial charge in [-0.2, -0.15) is 0 Å². The molecule has 23 heavy (non-hydrogen) atoms. The molecule has 0 saturated heterocycles. The van der Waals surface area contributed by atoms with Crippen LogP contribution in [-0.2, 0) is 0 Å². The molecule has 0 amide bonds. The van der Waals surface area contributed by atoms with Gasteiger partial charge in [0.1, 0.15) is 0 Å². The number of benzene rings is 4. The molecule has 0 nitrogen and oxygen atoms in total. The van der Waals surface area contributed by atoms with Crippen LogP contribution in [0, 0.1) is 0 Å². The summed E-state index contributed by atoms with van der Waals surface area (Å²) in [5, 5.41) is 3.29. The summed E-state index contributed by atoms with van der Waals surface area (Å²) < 4.78 is 0. The van der Waals surface area contributed by atoms with Gasteiger partial charge >= 0.3 is 0 Å². The van der Waals surface area contributed by atoms with E-state index in [4.69, 9.17) is 11.6 Å². The van der Waals surface area contributed by atoms with Crippen molar-refractivity contribution in [2.75, 3.05) is 0 Å². The largest absolute Gasteiger partial charge is 0.0843 e. The maximum absolute atomic E-state index is 6.02. The first-order chi connectivity index (χ1) is 11.3. The van der Waals surface area contributed by atoms with Crippen LogP contribution in [0.25, 0.3) is 33.0 Å². The topological polar surface area (TPSA) is 0 Å². The highest BCUT2D eigenvalue weighted by molar-refractivity contribution is 6.30. The van der Waals surface area contributed by atoms with Crippen molar-refractivity contribution in [2.45, 2.75) is 0 Å². The van der Waals surface area contributed by atoms with Gasteiger partial charge in [-0.1, -0.05) is 90.5 Å². The molecule has 0 spiro atoms. The summed E-state index contributed by atoms with van der Waals surface area (Å²) in [5.74, 6) is 0. The Kier molecular flexibility index (Phi) is 3.61. The quantitative estimate of drug-likeness (QED) is 0.380. The molecule has 0 N–H and O–H groups in total. The molecule has 4 aromatic rings. The van der Waals surface area contributed by atoms with E-state index in [0.717, 1.165) is 5.02 Å². The van der Waals surface area contributed by atoms with Gasteiger partial charge < -0.3 is 0 Å². The third-order valence-electron chi connectivity index (χ3n) is 4.16. The number of hydrogen-bond acceptors (Lipinski definition) is 0. The summed E-state index contributed by atoms with van der Waals surface area (Å²) in [5.41, 5.74) is 4.92. The molecule has 0 unspecified atom stereocenters. The molecule has 0 saturated carbocycles. The summed E-state index contributed by atoms with van der Waals surface area (Å²) in [4.78, 5) is 0. The second-order valence-electron chi connectivity index (χ2n) is 5.58. The van der Waals surface area contributed by atoms with Crippen molar-refractivity contribution >= 4 is 22.4 Å². The average Bonchev–Trinajstić information content (AvgIpc) is 2.62. The Balaban J connectivity index is 1.97. The first-order valence-electron chi connectivity index (χ1n) is 7.66. The Morgan fingerprint density at radius 3 is 1.52 bits per heavy atom. The summed E-state index contributed by atoms with van der Waals surface area (Å²) in [6, 6.07) is 31.5. The van der Waals surface area contributed by atoms with E-state index in [-0.39, 0.29) is 0 Å². The van der Waals surface area contributed by atoms with E-state index in [1.54, 1.807) is 0 Å². The minimum atomic E-state index is 0.763. The Morgan fingerprint density at radius 1 is 0.435 bits per heavy atom. The smallest absolute Gasteiger partial charge is 0.0406 e. The molecule has 0 atom stereocenters. The number of rotatable bonds is 2. The van der Waals surface area contributed by atoms with Crippen LogP contribution in [0.2, 0.25) is 5.02 Å². The number of fused-ring (bicyclic) bond motifs is 1. The molecule has 0 radical (unpaired) electrons. The van der Waals surface area contributed by atoms with Gasteiger partial charge in [0.05, 0.1) is 0 Å². The minimum Gasteiger partial charge on any atom is -0.0843 e. The Morgan fingerprint density at radius 2 is 0.957 bits per heavy atom. The lowest BCUT2D eigenvalue weighted by atomic mass is 9.93. The van der Waals surface area contributed by atoms with Crippen molar-refractivity contribution in [3.63, 3.8) is 0 Å². The van der Waals surface area contributed by atoms with Crippen LogP contribution in [0.1, 0.15) is 0 Å². The zero-order valence-electron chi connectivity index (χ0n) is 12.5. The van der Waals surface area contributed by atoms with Gasteiger partial charge in [0.2, 0.25) is 0 Å². The van der Waals surface area contributed by atoms with E-state index in [1.165, 1.54) is 33.0 Å². The summed E-state index contributed by atoms with van der Waals surface area (Å²) in [6.07, 6.45) is 0. The fraction of sp³-hybridized carbons (Fsp3) is 0. The van der Waals surface area contributed by atoms with Crippen molar-refractivity contribution in [1.29, 1.82) is 0 Å². The predicted octanol–water partition coefficient (Wildman–Crippen LogP) is 6.83. The van der Waals surface area contributed by atoms with E-state index in [1.807, 2.05) is 18.2 Å². The van der Waals surface area contributed by atoms with Crippen LogP contribution in [0.4, 0.5) is 0 Å². The van der Waals surface area contributed by atoms with Crippen molar-refractivity contribution in [2.24, 2.45) is 0 Å². The molecule has 110 valence electrons. The van der Waals surface area contributed by atoms with Gasteiger partial charge in [-0.05, 0) is 45.2 Å². The van der Waals surface area contributed by atoms with Crippen LogP contribution in [0.15, 0.2) is 91.0 Å². The third-order valence-corrected chi connectivity index (χ3v) is 4.41. The lowest BCUT2D eigenvalue weighted by Gasteiger charge is -2.11. The van der Waals surface area contributed by atoms with Crippen LogP contribution in [0.3, 0.4) is 0 Å². The first-order valence-corrected chi connectivity index (χ1v) is 8.04. The monoisotopic (exact) mass is 314 g/mol. The molecule has 4 aromatic carbocycles. The molecule has 0 aliphatic rings. The summed E-state index contributed by atoms with van der Waals surface area (Å²) >= 11 is 6.02. The third kappa shape index (κ3) is 2.62. The van der Waals surface area contributed by atoms with Crippen LogP contribution in [-0.4, -0.2) is 0 Å². The Labute approximate surface area is 141 Å². The highest BCUT2D eigenvalue weighted by Gasteiger charge is 2.08. The van der Waals surface area contributed by atoms with Crippen molar-refractivity contribution in [1.82, 2.24) is 0 Å². The number of hydrogen-bond donors (Lipinski definition) is 0. The van der Waals surface area contributed by atoms with E-state index >= 15 is 0 Å². The van der Waals surface area contributed by atoms with Crippen LogP contribution in [0.5, 0.6) is 0 Å². The zero-order chi connectivity index (χ0) is 15.6. The average molecular weight is 315 g/mol. The fourth-order valence-corrected chi connectivity index (χ4v) is 3.19. The van der Waals surface area contributed by atoms with Gasteiger partial charge in [-0.15, -0.1) is 0 Å². The highest BCUT2D eigenvalue weighted by Crippen LogP contribution is 2.34. The summed E-state index contributed by atoms with van der Waals surface area (Å²) in [7, 11) is 0. The van der Waals surface area contributed by atoms with Crippen LogP contribution < -0.4 is 0 Å². The van der Waals surface area contributed by atoms with E-state index in [0.29, 0.717) is 0 Å². The predicted molar refractivity (Wildman–Crippen MR) is 99.8 cm³/mol. The molecule has 0 heterocycles. The molecule has 0 bridgehead atoms. The van der Waals surface area contributed by atoms with Gasteiger partial charge in [-0.25, -0.2) is 0 Å². The zero-order valence-corrected chi connectivity index (χ0v) is 13.3. The molecule has 4 rings (SSSR count). The number of halogens is 1. The standard InChI is InChI=1S/C22H15Cl/c23-18-14-12-17(13-15-18)20-9-5-10-21-19(8-4-11-22(20)21)16-6-2-1-3-7-16/h1-15H. The fourth-order valence-electron chi connectivity index (χ4n) is 3.06. The molecule has 0 aliphatic carbocycles. The lowest BCUT2D eigenvalue weighted by Crippen LogP contribution is -1.85. The van der Waals surface area contributed by atoms with Gasteiger partial charge in [-0.3, -0.25) is 0 Å². The van der Waals surface area contributed by atoms with E-state index in [2.05, 4.69) is 72.8 Å². The Bertz CT molecular complexity index is 954. The molecule has 0 aromatic heterocycles. The van der Waals surface area contributed by atoms with Crippen molar-refractivity contribution < 1.29 is 0 Å². The van der Waals surface area contributed by atoms with Crippen molar-refractivity contribution in [3.8, 4) is 22.3 Å². The normalized spacial score (nSPS) is 10.8. The lowest BCUT2D eigenvalue weighted by molar-refractivity contribution is 1.63. The van der Waals surface area contributed by atoms with Crippen LogP contribution >= 0.6 is 11.6 Å². The summed E-state index contributed by atoms with van der Waals surface area (Å²) in [6.45, 7) is 0. The molecule has 0 aliphatic heterocycles. The molecule has 0 fully saturated rings. The van der Waals surface area contributed by atoms with E-state index < -0.39 is 0 Å².